The van der Waals surface area contributed by atoms with Crippen LogP contribution in [0, 0.1) is 0 Å². The zero-order valence-electron chi connectivity index (χ0n) is 11.2. The molecule has 2 heterocycles. The number of hydrogen-bond acceptors (Lipinski definition) is 3. The van der Waals surface area contributed by atoms with Crippen molar-refractivity contribution in [2.45, 2.75) is 19.3 Å². The number of rotatable bonds is 2. The van der Waals surface area contributed by atoms with E-state index in [0.29, 0.717) is 5.69 Å². The molecule has 0 spiro atoms. The molecule has 2 N–H and O–H groups in total. The van der Waals surface area contributed by atoms with Crippen LogP contribution in [0.4, 0.5) is 11.4 Å². The van der Waals surface area contributed by atoms with Gasteiger partial charge in [0.2, 0.25) is 5.91 Å². The normalized spacial score (nSPS) is 15.6. The summed E-state index contributed by atoms with van der Waals surface area (Å²) in [5.74, 6) is -0.115. The molecule has 5 heteroatoms. The number of nitrogens with one attached hydrogen (secondary N) is 2. The number of anilines is 2. The van der Waals surface area contributed by atoms with E-state index in [1.807, 2.05) is 19.9 Å². The van der Waals surface area contributed by atoms with E-state index in [9.17, 15) is 9.59 Å². The van der Waals surface area contributed by atoms with E-state index in [1.165, 1.54) is 6.26 Å². The fraction of sp³-hybridized carbons (Fsp3) is 0.200. The highest BCUT2D eigenvalue weighted by molar-refractivity contribution is 6.07. The van der Waals surface area contributed by atoms with Gasteiger partial charge in [0, 0.05) is 11.4 Å². The Balaban J connectivity index is 1.86. The van der Waals surface area contributed by atoms with Crippen LogP contribution in [0.2, 0.25) is 0 Å². The highest BCUT2D eigenvalue weighted by Crippen LogP contribution is 2.38. The van der Waals surface area contributed by atoms with Gasteiger partial charge in [-0.1, -0.05) is 6.07 Å². The quantitative estimate of drug-likeness (QED) is 0.881. The summed E-state index contributed by atoms with van der Waals surface area (Å²) in [6, 6.07) is 8.63. The second-order valence-corrected chi connectivity index (χ2v) is 5.27. The summed E-state index contributed by atoms with van der Waals surface area (Å²) >= 11 is 0. The lowest BCUT2D eigenvalue weighted by atomic mass is 9.86. The highest BCUT2D eigenvalue weighted by atomic mass is 16.3. The van der Waals surface area contributed by atoms with Crippen molar-refractivity contribution in [2.24, 2.45) is 0 Å². The van der Waals surface area contributed by atoms with Gasteiger partial charge in [0.25, 0.3) is 5.91 Å². The molecule has 0 saturated heterocycles. The Hall–Kier alpha value is -2.56. The van der Waals surface area contributed by atoms with Crippen molar-refractivity contribution in [1.82, 2.24) is 0 Å². The Labute approximate surface area is 116 Å². The minimum atomic E-state index is -0.543. The van der Waals surface area contributed by atoms with Gasteiger partial charge in [-0.15, -0.1) is 0 Å². The van der Waals surface area contributed by atoms with Gasteiger partial charge < -0.3 is 15.1 Å². The van der Waals surface area contributed by atoms with Crippen molar-refractivity contribution < 1.29 is 14.0 Å². The maximum atomic E-state index is 11.9. The zero-order chi connectivity index (χ0) is 14.3. The van der Waals surface area contributed by atoms with Crippen LogP contribution in [0.3, 0.4) is 0 Å². The van der Waals surface area contributed by atoms with E-state index in [4.69, 9.17) is 4.42 Å². The number of amides is 2. The average molecular weight is 270 g/mol. The van der Waals surface area contributed by atoms with E-state index < -0.39 is 5.41 Å². The molecule has 2 aromatic rings. The van der Waals surface area contributed by atoms with Gasteiger partial charge in [-0.05, 0) is 43.7 Å². The molecule has 0 aliphatic carbocycles. The Morgan fingerprint density at radius 3 is 2.80 bits per heavy atom. The number of carbonyl (C=O) groups excluding carboxylic acids is 2. The lowest BCUT2D eigenvalue weighted by molar-refractivity contribution is -0.119. The first-order chi connectivity index (χ1) is 9.48. The summed E-state index contributed by atoms with van der Waals surface area (Å²) in [6.45, 7) is 3.74. The van der Waals surface area contributed by atoms with Crippen LogP contribution in [-0.2, 0) is 10.2 Å². The predicted octanol–water partition coefficient (Wildman–Crippen LogP) is 2.76. The lowest BCUT2D eigenvalue weighted by Crippen LogP contribution is -2.26. The van der Waals surface area contributed by atoms with E-state index in [2.05, 4.69) is 10.6 Å². The Kier molecular flexibility index (Phi) is 2.64. The van der Waals surface area contributed by atoms with Crippen LogP contribution < -0.4 is 10.6 Å². The maximum Gasteiger partial charge on any atom is 0.291 e. The average Bonchev–Trinajstić information content (AvgIpc) is 2.98. The highest BCUT2D eigenvalue weighted by Gasteiger charge is 2.38. The molecule has 5 nitrogen and oxygen atoms in total. The van der Waals surface area contributed by atoms with Crippen molar-refractivity contribution in [3.8, 4) is 0 Å². The Morgan fingerprint density at radius 2 is 2.10 bits per heavy atom. The molecular formula is C15H14N2O3. The number of furan rings is 1. The van der Waals surface area contributed by atoms with Crippen LogP contribution in [0.25, 0.3) is 0 Å². The number of carbonyl (C=O) groups is 2. The first-order valence-corrected chi connectivity index (χ1v) is 6.29. The minimum absolute atomic E-state index is 0.0398. The molecule has 1 aromatic heterocycles. The summed E-state index contributed by atoms with van der Waals surface area (Å²) in [7, 11) is 0. The molecule has 0 fully saturated rings. The van der Waals surface area contributed by atoms with Gasteiger partial charge in [-0.3, -0.25) is 9.59 Å². The number of fused-ring (bicyclic) bond motifs is 1. The Morgan fingerprint density at radius 1 is 1.30 bits per heavy atom. The largest absolute Gasteiger partial charge is 0.459 e. The topological polar surface area (TPSA) is 71.3 Å². The third-order valence-electron chi connectivity index (χ3n) is 3.51. The molecule has 2 amide bonds. The first kappa shape index (κ1) is 12.5. The predicted molar refractivity (Wildman–Crippen MR) is 74.8 cm³/mol. The maximum absolute atomic E-state index is 11.9. The smallest absolute Gasteiger partial charge is 0.291 e. The molecule has 0 atom stereocenters. The van der Waals surface area contributed by atoms with E-state index >= 15 is 0 Å². The fourth-order valence-electron chi connectivity index (χ4n) is 2.27. The molecule has 0 radical (unpaired) electrons. The summed E-state index contributed by atoms with van der Waals surface area (Å²) in [5, 5.41) is 5.55. The van der Waals surface area contributed by atoms with Crippen LogP contribution in [0.15, 0.2) is 41.0 Å². The lowest BCUT2D eigenvalue weighted by Gasteiger charge is -2.15. The summed E-state index contributed by atoms with van der Waals surface area (Å²) < 4.78 is 5.03. The molecule has 1 aliphatic heterocycles. The molecule has 0 unspecified atom stereocenters. The SMILES string of the molecule is CC1(C)C(=O)Nc2cc(NC(=O)c3ccco3)ccc21. The third-order valence-corrected chi connectivity index (χ3v) is 3.51. The van der Waals surface area contributed by atoms with Crippen LogP contribution >= 0.6 is 0 Å². The van der Waals surface area contributed by atoms with Crippen LogP contribution in [0.5, 0.6) is 0 Å². The van der Waals surface area contributed by atoms with Crippen LogP contribution in [-0.4, -0.2) is 11.8 Å². The van der Waals surface area contributed by atoms with Gasteiger partial charge >= 0.3 is 0 Å². The molecule has 3 rings (SSSR count). The monoisotopic (exact) mass is 270 g/mol. The fourth-order valence-corrected chi connectivity index (χ4v) is 2.27. The van der Waals surface area contributed by atoms with E-state index in [0.717, 1.165) is 11.3 Å². The second-order valence-electron chi connectivity index (χ2n) is 5.27. The zero-order valence-corrected chi connectivity index (χ0v) is 11.2. The molecule has 1 aliphatic rings. The minimum Gasteiger partial charge on any atom is -0.459 e. The van der Waals surface area contributed by atoms with Gasteiger partial charge in [-0.2, -0.15) is 0 Å². The molecule has 20 heavy (non-hydrogen) atoms. The third kappa shape index (κ3) is 1.87. The van der Waals surface area contributed by atoms with Crippen molar-refractivity contribution in [2.75, 3.05) is 10.6 Å². The number of hydrogen-bond donors (Lipinski definition) is 2. The van der Waals surface area contributed by atoms with E-state index in [1.54, 1.807) is 24.3 Å². The van der Waals surface area contributed by atoms with Gasteiger partial charge in [-0.25, -0.2) is 0 Å². The summed E-state index contributed by atoms with van der Waals surface area (Å²) in [4.78, 5) is 23.7. The molecule has 102 valence electrons. The Bertz CT molecular complexity index is 687. The molecule has 0 saturated carbocycles. The van der Waals surface area contributed by atoms with Crippen molar-refractivity contribution in [3.63, 3.8) is 0 Å². The standard InChI is InChI=1S/C15H14N2O3/c1-15(2)10-6-5-9(8-11(10)17-14(15)19)16-13(18)12-4-3-7-20-12/h3-8H,1-2H3,(H,16,18)(H,17,19). The molecular weight excluding hydrogens is 256 g/mol. The summed E-state index contributed by atoms with van der Waals surface area (Å²) in [6.07, 6.45) is 1.44. The second kappa shape index (κ2) is 4.23. The first-order valence-electron chi connectivity index (χ1n) is 6.29. The van der Waals surface area contributed by atoms with Gasteiger partial charge in [0.05, 0.1) is 11.7 Å². The molecule has 0 bridgehead atoms. The molecule has 1 aromatic carbocycles. The van der Waals surface area contributed by atoms with Gasteiger partial charge in [0.1, 0.15) is 0 Å². The van der Waals surface area contributed by atoms with E-state index in [-0.39, 0.29) is 17.6 Å². The van der Waals surface area contributed by atoms with Crippen molar-refractivity contribution in [1.29, 1.82) is 0 Å². The summed E-state index contributed by atoms with van der Waals surface area (Å²) in [5.41, 5.74) is 1.73. The van der Waals surface area contributed by atoms with Crippen molar-refractivity contribution in [3.05, 3.63) is 47.9 Å². The van der Waals surface area contributed by atoms with Gasteiger partial charge in [0.15, 0.2) is 5.76 Å². The van der Waals surface area contributed by atoms with Crippen LogP contribution in [0.1, 0.15) is 30.0 Å². The number of benzene rings is 1. The van der Waals surface area contributed by atoms with Crippen molar-refractivity contribution >= 4 is 23.2 Å².